The minimum Gasteiger partial charge on any atom is -0.481 e. The van der Waals surface area contributed by atoms with E-state index in [1.54, 1.807) is 0 Å². The van der Waals surface area contributed by atoms with Gasteiger partial charge in [0.2, 0.25) is 0 Å². The minimum atomic E-state index is -0.768. The van der Waals surface area contributed by atoms with E-state index in [0.29, 0.717) is 24.8 Å². The third kappa shape index (κ3) is 11.1. The number of hydrogen-bond donors (Lipinski definition) is 3. The van der Waals surface area contributed by atoms with Crippen LogP contribution in [-0.4, -0.2) is 55.2 Å². The summed E-state index contributed by atoms with van der Waals surface area (Å²) in [7, 11) is 3.97. The largest absolute Gasteiger partial charge is 0.481 e. The normalized spacial score (nSPS) is 14.0. The quantitative estimate of drug-likeness (QED) is 0.574. The van der Waals surface area contributed by atoms with Gasteiger partial charge in [0.15, 0.2) is 0 Å². The molecule has 0 saturated carbocycles. The van der Waals surface area contributed by atoms with E-state index in [2.05, 4.69) is 29.4 Å². The summed E-state index contributed by atoms with van der Waals surface area (Å²) in [4.78, 5) is 24.4. The third-order valence-electron chi connectivity index (χ3n) is 3.46. The number of carboxylic acids is 1. The van der Waals surface area contributed by atoms with Crippen molar-refractivity contribution in [3.05, 3.63) is 0 Å². The molecule has 0 aliphatic carbocycles. The lowest BCUT2D eigenvalue weighted by Gasteiger charge is -2.25. The van der Waals surface area contributed by atoms with Gasteiger partial charge in [-0.05, 0) is 38.8 Å². The molecule has 0 rings (SSSR count). The van der Waals surface area contributed by atoms with Crippen LogP contribution in [0.5, 0.6) is 0 Å². The number of urea groups is 1. The molecular formula is C15H31N3O3. The Balaban J connectivity index is 3.94. The highest BCUT2D eigenvalue weighted by Crippen LogP contribution is 2.09. The van der Waals surface area contributed by atoms with Gasteiger partial charge in [-0.3, -0.25) is 4.79 Å². The van der Waals surface area contributed by atoms with Crippen molar-refractivity contribution in [1.82, 2.24) is 15.5 Å². The highest BCUT2D eigenvalue weighted by Gasteiger charge is 2.16. The van der Waals surface area contributed by atoms with E-state index < -0.39 is 5.97 Å². The number of hydrogen-bond acceptors (Lipinski definition) is 3. The van der Waals surface area contributed by atoms with Crippen molar-refractivity contribution in [1.29, 1.82) is 0 Å². The molecule has 0 heterocycles. The SMILES string of the molecule is CC(CCNC(=O)NC(CN(C)C)C(C)C)CCC(=O)O. The molecule has 6 nitrogen and oxygen atoms in total. The van der Waals surface area contributed by atoms with Gasteiger partial charge in [-0.25, -0.2) is 4.79 Å². The Morgan fingerprint density at radius 3 is 2.24 bits per heavy atom. The molecule has 0 spiro atoms. The van der Waals surface area contributed by atoms with Crippen LogP contribution in [0.4, 0.5) is 4.79 Å². The summed E-state index contributed by atoms with van der Waals surface area (Å²) >= 11 is 0. The highest BCUT2D eigenvalue weighted by molar-refractivity contribution is 5.74. The fraction of sp³-hybridized carbons (Fsp3) is 0.867. The van der Waals surface area contributed by atoms with Gasteiger partial charge in [0.05, 0.1) is 0 Å². The summed E-state index contributed by atoms with van der Waals surface area (Å²) in [5.74, 6) is -0.104. The molecule has 0 aromatic rings. The summed E-state index contributed by atoms with van der Waals surface area (Å²) in [6, 6.07) is -0.0366. The van der Waals surface area contributed by atoms with Gasteiger partial charge in [0.1, 0.15) is 0 Å². The van der Waals surface area contributed by atoms with Gasteiger partial charge < -0.3 is 20.6 Å². The summed E-state index contributed by atoms with van der Waals surface area (Å²) in [6.07, 6.45) is 1.63. The minimum absolute atomic E-state index is 0.115. The zero-order chi connectivity index (χ0) is 16.4. The van der Waals surface area contributed by atoms with Crippen LogP contribution in [0, 0.1) is 11.8 Å². The van der Waals surface area contributed by atoms with Gasteiger partial charge in [0, 0.05) is 25.6 Å². The fourth-order valence-corrected chi connectivity index (χ4v) is 1.98. The first kappa shape index (κ1) is 19.7. The van der Waals surface area contributed by atoms with Crippen LogP contribution < -0.4 is 10.6 Å². The van der Waals surface area contributed by atoms with Gasteiger partial charge in [-0.2, -0.15) is 0 Å². The number of rotatable bonds is 10. The van der Waals surface area contributed by atoms with Crippen LogP contribution in [0.3, 0.4) is 0 Å². The first-order valence-electron chi connectivity index (χ1n) is 7.63. The van der Waals surface area contributed by atoms with Gasteiger partial charge >= 0.3 is 12.0 Å². The number of nitrogens with one attached hydrogen (secondary N) is 2. The number of carbonyl (C=O) groups excluding carboxylic acids is 1. The molecule has 0 aliphatic rings. The molecule has 2 unspecified atom stereocenters. The second-order valence-corrected chi connectivity index (χ2v) is 6.34. The second kappa shape index (κ2) is 10.4. The van der Waals surface area contributed by atoms with Gasteiger partial charge in [-0.15, -0.1) is 0 Å². The van der Waals surface area contributed by atoms with Crippen molar-refractivity contribution in [2.75, 3.05) is 27.2 Å². The number of amides is 2. The maximum atomic E-state index is 11.9. The van der Waals surface area contributed by atoms with E-state index in [0.717, 1.165) is 13.0 Å². The lowest BCUT2D eigenvalue weighted by molar-refractivity contribution is -0.137. The summed E-state index contributed by atoms with van der Waals surface area (Å²) in [5.41, 5.74) is 0. The molecule has 6 heteroatoms. The average molecular weight is 301 g/mol. The predicted molar refractivity (Wildman–Crippen MR) is 84.4 cm³/mol. The number of carbonyl (C=O) groups is 2. The number of likely N-dealkylation sites (N-methyl/N-ethyl adjacent to an activating group) is 1. The van der Waals surface area contributed by atoms with Crippen LogP contribution in [0.2, 0.25) is 0 Å². The van der Waals surface area contributed by atoms with Crippen LogP contribution in [0.1, 0.15) is 40.0 Å². The molecule has 2 amide bonds. The molecule has 2 atom stereocenters. The Labute approximate surface area is 128 Å². The van der Waals surface area contributed by atoms with E-state index in [9.17, 15) is 9.59 Å². The van der Waals surface area contributed by atoms with Gasteiger partial charge in [0.25, 0.3) is 0 Å². The molecular weight excluding hydrogens is 270 g/mol. The number of carboxylic acid groups (broad SMARTS) is 1. The number of nitrogens with zero attached hydrogens (tertiary/aromatic N) is 1. The Bertz CT molecular complexity index is 319. The first-order valence-corrected chi connectivity index (χ1v) is 7.63. The van der Waals surface area contributed by atoms with Crippen molar-refractivity contribution in [2.24, 2.45) is 11.8 Å². The molecule has 0 radical (unpaired) electrons. The summed E-state index contributed by atoms with van der Waals surface area (Å²) < 4.78 is 0. The summed E-state index contributed by atoms with van der Waals surface area (Å²) in [6.45, 7) is 7.55. The molecule has 0 bridgehead atoms. The molecule has 0 saturated heterocycles. The van der Waals surface area contributed by atoms with E-state index in [1.807, 2.05) is 21.0 Å². The van der Waals surface area contributed by atoms with Crippen LogP contribution in [0.15, 0.2) is 0 Å². The van der Waals surface area contributed by atoms with Crippen LogP contribution in [0.25, 0.3) is 0 Å². The Morgan fingerprint density at radius 2 is 1.76 bits per heavy atom. The zero-order valence-corrected chi connectivity index (χ0v) is 14.0. The highest BCUT2D eigenvalue weighted by atomic mass is 16.4. The lowest BCUT2D eigenvalue weighted by Crippen LogP contribution is -2.49. The smallest absolute Gasteiger partial charge is 0.315 e. The summed E-state index contributed by atoms with van der Waals surface area (Å²) in [5, 5.41) is 14.4. The Morgan fingerprint density at radius 1 is 1.14 bits per heavy atom. The molecule has 0 aromatic heterocycles. The van der Waals surface area contributed by atoms with Crippen molar-refractivity contribution in [2.45, 2.75) is 46.1 Å². The lowest BCUT2D eigenvalue weighted by atomic mass is 10.0. The van der Waals surface area contributed by atoms with E-state index in [-0.39, 0.29) is 18.5 Å². The average Bonchev–Trinajstić information content (AvgIpc) is 2.34. The Hall–Kier alpha value is -1.30. The van der Waals surface area contributed by atoms with Crippen LogP contribution in [-0.2, 0) is 4.79 Å². The molecule has 0 aliphatic heterocycles. The molecule has 0 fully saturated rings. The standard InChI is InChI=1S/C15H31N3O3/c1-11(2)13(10-18(4)5)17-15(21)16-9-8-12(3)6-7-14(19)20/h11-13H,6-10H2,1-5H3,(H,19,20)(H2,16,17,21). The Kier molecular flexibility index (Phi) is 9.78. The topological polar surface area (TPSA) is 81.7 Å². The number of aliphatic carboxylic acids is 1. The van der Waals surface area contributed by atoms with Crippen LogP contribution >= 0.6 is 0 Å². The third-order valence-corrected chi connectivity index (χ3v) is 3.46. The first-order chi connectivity index (χ1) is 9.72. The van der Waals surface area contributed by atoms with Crippen molar-refractivity contribution in [3.8, 4) is 0 Å². The molecule has 124 valence electrons. The molecule has 3 N–H and O–H groups in total. The van der Waals surface area contributed by atoms with Crippen molar-refractivity contribution in [3.63, 3.8) is 0 Å². The monoisotopic (exact) mass is 301 g/mol. The molecule has 0 aromatic carbocycles. The second-order valence-electron chi connectivity index (χ2n) is 6.34. The predicted octanol–water partition coefficient (Wildman–Crippen LogP) is 1.76. The van der Waals surface area contributed by atoms with Crippen molar-refractivity contribution < 1.29 is 14.7 Å². The van der Waals surface area contributed by atoms with Gasteiger partial charge in [-0.1, -0.05) is 20.8 Å². The van der Waals surface area contributed by atoms with E-state index >= 15 is 0 Å². The molecule has 21 heavy (non-hydrogen) atoms. The van der Waals surface area contributed by atoms with E-state index in [4.69, 9.17) is 5.11 Å². The maximum absolute atomic E-state index is 11.9. The fourth-order valence-electron chi connectivity index (χ4n) is 1.98. The van der Waals surface area contributed by atoms with Crippen molar-refractivity contribution >= 4 is 12.0 Å². The maximum Gasteiger partial charge on any atom is 0.315 e. The van der Waals surface area contributed by atoms with E-state index in [1.165, 1.54) is 0 Å². The zero-order valence-electron chi connectivity index (χ0n) is 14.0.